The summed E-state index contributed by atoms with van der Waals surface area (Å²) in [6.07, 6.45) is -8.65. The van der Waals surface area contributed by atoms with Gasteiger partial charge in [-0.05, 0) is 54.0 Å². The van der Waals surface area contributed by atoms with Crippen LogP contribution in [-0.4, -0.2) is 74.8 Å². The van der Waals surface area contributed by atoms with E-state index >= 15 is 8.78 Å². The van der Waals surface area contributed by atoms with Gasteiger partial charge in [-0.1, -0.05) is 0 Å². The first-order valence-electron chi connectivity index (χ1n) is 12.2. The van der Waals surface area contributed by atoms with E-state index in [2.05, 4.69) is 10.3 Å². The van der Waals surface area contributed by atoms with Crippen molar-refractivity contribution in [1.82, 2.24) is 9.55 Å². The van der Waals surface area contributed by atoms with Crippen LogP contribution < -0.4 is 11.0 Å². The Bertz CT molecular complexity index is 1160. The predicted molar refractivity (Wildman–Crippen MR) is 131 cm³/mol. The van der Waals surface area contributed by atoms with Crippen LogP contribution in [0.2, 0.25) is 0 Å². The molecule has 1 aromatic heterocycles. The quantitative estimate of drug-likeness (QED) is 0.323. The molecule has 2 rings (SSSR count). The largest absolute Gasteiger partial charge is 0.509 e. The summed E-state index contributed by atoms with van der Waals surface area (Å²) in [6.45, 7) is 8.45. The normalized spacial score (nSPS) is 20.4. The SMILES string of the molecule is CC(C)(C)OC(=O)Nc1ccn(C2OC(COC(=O)CCCC(=O)O)C(OC(=O)OC(C)(C)C)C2(F)F)c(=O)n1. The first kappa shape index (κ1) is 32.4. The number of carboxylic acid groups (broad SMARTS) is 1. The second kappa shape index (κ2) is 12.6. The lowest BCUT2D eigenvalue weighted by Crippen LogP contribution is -2.45. The molecule has 1 aliphatic heterocycles. The Kier molecular flexibility index (Phi) is 10.2. The van der Waals surface area contributed by atoms with Gasteiger partial charge in [-0.15, -0.1) is 0 Å². The second-order valence-electron chi connectivity index (χ2n) is 10.8. The number of halogens is 2. The van der Waals surface area contributed by atoms with Crippen LogP contribution in [0.5, 0.6) is 0 Å². The third-order valence-electron chi connectivity index (χ3n) is 4.85. The topological polar surface area (TPSA) is 182 Å². The van der Waals surface area contributed by atoms with Crippen LogP contribution in [-0.2, 0) is 33.3 Å². The molecule has 14 nitrogen and oxygen atoms in total. The van der Waals surface area contributed by atoms with Crippen molar-refractivity contribution in [3.05, 3.63) is 22.7 Å². The number of nitrogens with one attached hydrogen (secondary N) is 1. The fraction of sp³-hybridized carbons (Fsp3) is 0.667. The average Bonchev–Trinajstić information content (AvgIpc) is 2.99. The molecule has 1 amide bonds. The number of carboxylic acids is 1. The van der Waals surface area contributed by atoms with Gasteiger partial charge in [0, 0.05) is 19.0 Å². The van der Waals surface area contributed by atoms with Gasteiger partial charge in [0.1, 0.15) is 29.7 Å². The molecule has 1 aliphatic rings. The van der Waals surface area contributed by atoms with Crippen molar-refractivity contribution in [2.45, 2.75) is 96.4 Å². The van der Waals surface area contributed by atoms with E-state index in [-0.39, 0.29) is 25.1 Å². The molecule has 2 N–H and O–H groups in total. The summed E-state index contributed by atoms with van der Waals surface area (Å²) in [5.74, 6) is -6.37. The van der Waals surface area contributed by atoms with Gasteiger partial charge in [0.2, 0.25) is 12.3 Å². The molecule has 40 heavy (non-hydrogen) atoms. The number of carbonyl (C=O) groups excluding carboxylic acids is 3. The number of hydrogen-bond acceptors (Lipinski definition) is 11. The van der Waals surface area contributed by atoms with E-state index in [1.165, 1.54) is 20.8 Å². The number of rotatable bonds is 9. The zero-order chi connectivity index (χ0) is 30.5. The monoisotopic (exact) mass is 577 g/mol. The molecule has 1 fully saturated rings. The number of alkyl halides is 2. The van der Waals surface area contributed by atoms with E-state index < -0.39 is 72.0 Å². The minimum Gasteiger partial charge on any atom is -0.481 e. The molecule has 3 atom stereocenters. The third kappa shape index (κ3) is 9.73. The summed E-state index contributed by atoms with van der Waals surface area (Å²) < 4.78 is 56.7. The molecule has 2 heterocycles. The molecule has 1 saturated heterocycles. The summed E-state index contributed by atoms with van der Waals surface area (Å²) in [6, 6.07) is 1.05. The molecule has 0 aliphatic carbocycles. The Labute approximate surface area is 227 Å². The zero-order valence-electron chi connectivity index (χ0n) is 22.9. The molecular formula is C24H33F2N3O11. The van der Waals surface area contributed by atoms with Crippen molar-refractivity contribution in [3.8, 4) is 0 Å². The molecule has 0 aromatic carbocycles. The summed E-state index contributed by atoms with van der Waals surface area (Å²) in [5, 5.41) is 10.9. The van der Waals surface area contributed by atoms with Crippen LogP contribution in [0.3, 0.4) is 0 Å². The number of esters is 1. The van der Waals surface area contributed by atoms with Crippen LogP contribution in [0.1, 0.15) is 67.0 Å². The highest BCUT2D eigenvalue weighted by Crippen LogP contribution is 2.44. The molecule has 3 unspecified atom stereocenters. The van der Waals surface area contributed by atoms with Crippen LogP contribution in [0, 0.1) is 0 Å². The number of aromatic nitrogens is 2. The molecule has 1 aromatic rings. The highest BCUT2D eigenvalue weighted by Gasteiger charge is 2.63. The number of ether oxygens (including phenoxy) is 5. The Morgan fingerprint density at radius 3 is 2.27 bits per heavy atom. The van der Waals surface area contributed by atoms with Gasteiger partial charge >= 0.3 is 35.8 Å². The van der Waals surface area contributed by atoms with E-state index in [1.807, 2.05) is 0 Å². The molecule has 0 spiro atoms. The highest BCUT2D eigenvalue weighted by atomic mass is 19.3. The molecule has 0 bridgehead atoms. The third-order valence-corrected chi connectivity index (χ3v) is 4.85. The summed E-state index contributed by atoms with van der Waals surface area (Å²) in [7, 11) is 0. The Hall–Kier alpha value is -3.82. The minimum absolute atomic E-state index is 0.0545. The number of amides is 1. The Morgan fingerprint density at radius 2 is 1.73 bits per heavy atom. The molecule has 0 saturated carbocycles. The highest BCUT2D eigenvalue weighted by molar-refractivity contribution is 5.83. The smallest absolute Gasteiger partial charge is 0.481 e. The number of hydrogen-bond donors (Lipinski definition) is 2. The Balaban J connectivity index is 2.26. The van der Waals surface area contributed by atoms with Crippen molar-refractivity contribution in [2.24, 2.45) is 0 Å². The minimum atomic E-state index is -4.05. The van der Waals surface area contributed by atoms with E-state index in [1.54, 1.807) is 20.8 Å². The van der Waals surface area contributed by atoms with Crippen LogP contribution in [0.25, 0.3) is 0 Å². The number of nitrogens with zero attached hydrogens (tertiary/aromatic N) is 2. The lowest BCUT2D eigenvalue weighted by atomic mass is 10.1. The maximum atomic E-state index is 15.6. The second-order valence-corrected chi connectivity index (χ2v) is 10.8. The zero-order valence-corrected chi connectivity index (χ0v) is 22.9. The van der Waals surface area contributed by atoms with Crippen molar-refractivity contribution >= 4 is 30.0 Å². The van der Waals surface area contributed by atoms with E-state index in [0.717, 1.165) is 12.3 Å². The lowest BCUT2D eigenvalue weighted by molar-refractivity contribution is -0.150. The van der Waals surface area contributed by atoms with E-state index in [4.69, 9.17) is 28.8 Å². The van der Waals surface area contributed by atoms with E-state index in [0.29, 0.717) is 4.57 Å². The van der Waals surface area contributed by atoms with Gasteiger partial charge in [0.15, 0.2) is 0 Å². The lowest BCUT2D eigenvalue weighted by Gasteiger charge is -2.26. The molecule has 16 heteroatoms. The summed E-state index contributed by atoms with van der Waals surface area (Å²) in [5.41, 5.74) is -3.19. The number of carbonyl (C=O) groups is 4. The van der Waals surface area contributed by atoms with Gasteiger partial charge in [-0.3, -0.25) is 19.5 Å². The standard InChI is InChI=1S/C24H33F2N3O11/c1-22(2,3)39-20(34)28-14-10-11-29(19(33)27-14)18-24(25,26)17(38-21(35)40-23(4,5)6)13(37-18)12-36-16(32)9-7-8-15(30)31/h10-11,13,17-18H,7-9,12H2,1-6H3,(H,30,31)(H,27,28,33,34). The predicted octanol–water partition coefficient (Wildman–Crippen LogP) is 3.24. The number of anilines is 1. The maximum absolute atomic E-state index is 15.6. The van der Waals surface area contributed by atoms with Crippen LogP contribution in [0.15, 0.2) is 17.1 Å². The average molecular weight is 578 g/mol. The maximum Gasteiger partial charge on any atom is 0.509 e. The summed E-state index contributed by atoms with van der Waals surface area (Å²) in [4.78, 5) is 62.9. The van der Waals surface area contributed by atoms with Crippen molar-refractivity contribution in [1.29, 1.82) is 0 Å². The van der Waals surface area contributed by atoms with Crippen molar-refractivity contribution in [2.75, 3.05) is 11.9 Å². The molecular weight excluding hydrogens is 544 g/mol. The van der Waals surface area contributed by atoms with Gasteiger partial charge in [0.25, 0.3) is 0 Å². The fourth-order valence-electron chi connectivity index (χ4n) is 3.33. The Morgan fingerprint density at radius 1 is 1.10 bits per heavy atom. The van der Waals surface area contributed by atoms with Gasteiger partial charge in [-0.2, -0.15) is 13.8 Å². The first-order valence-corrected chi connectivity index (χ1v) is 12.2. The van der Waals surface area contributed by atoms with Crippen molar-refractivity contribution < 1.29 is 56.7 Å². The van der Waals surface area contributed by atoms with Crippen molar-refractivity contribution in [3.63, 3.8) is 0 Å². The molecule has 0 radical (unpaired) electrons. The van der Waals surface area contributed by atoms with Crippen LogP contribution >= 0.6 is 0 Å². The molecule has 224 valence electrons. The van der Waals surface area contributed by atoms with Gasteiger partial charge in [-0.25, -0.2) is 14.4 Å². The summed E-state index contributed by atoms with van der Waals surface area (Å²) >= 11 is 0. The fourth-order valence-corrected chi connectivity index (χ4v) is 3.33. The first-order chi connectivity index (χ1) is 18.3. The van der Waals surface area contributed by atoms with Gasteiger partial charge < -0.3 is 28.8 Å². The van der Waals surface area contributed by atoms with E-state index in [9.17, 15) is 24.0 Å². The number of aliphatic carboxylic acids is 1. The van der Waals surface area contributed by atoms with Gasteiger partial charge in [0.05, 0.1) is 0 Å². The van der Waals surface area contributed by atoms with Crippen LogP contribution in [0.4, 0.5) is 24.2 Å².